The molecule has 0 saturated carbocycles. The van der Waals surface area contributed by atoms with Crippen LogP contribution in [0.3, 0.4) is 0 Å². The summed E-state index contributed by atoms with van der Waals surface area (Å²) in [5.41, 5.74) is 5.23. The minimum Gasteiger partial charge on any atom is -0.378 e. The van der Waals surface area contributed by atoms with Gasteiger partial charge in [-0.05, 0) is 41.4 Å². The molecule has 0 fully saturated rings. The predicted octanol–water partition coefficient (Wildman–Crippen LogP) is 3.31. The van der Waals surface area contributed by atoms with Crippen molar-refractivity contribution in [3.8, 4) is 0 Å². The van der Waals surface area contributed by atoms with Crippen LogP contribution in [0, 0.1) is 0 Å². The van der Waals surface area contributed by atoms with Gasteiger partial charge >= 0.3 is 0 Å². The maximum absolute atomic E-state index is 13.3. The van der Waals surface area contributed by atoms with E-state index in [4.69, 9.17) is 0 Å². The standard InChI is InChI=1S/C24H27N3O2/c1-25-17-18-9-11-20(12-10-18)24(23(28)26-29,19-7-5-4-6-8-19)21-13-15-22(16-14-21)27(2)3/h4-16,25,29H,17H2,1-3H3,(H,26,28). The number of nitrogens with zero attached hydrogens (tertiary/aromatic N) is 1. The Balaban J connectivity index is 2.27. The molecule has 3 rings (SSSR count). The lowest BCUT2D eigenvalue weighted by Crippen LogP contribution is -2.45. The molecule has 1 unspecified atom stereocenters. The third-order valence-corrected chi connectivity index (χ3v) is 5.23. The van der Waals surface area contributed by atoms with E-state index < -0.39 is 11.3 Å². The van der Waals surface area contributed by atoms with Crippen molar-refractivity contribution in [2.24, 2.45) is 0 Å². The molecule has 1 atom stereocenters. The Labute approximate surface area is 172 Å². The molecule has 5 nitrogen and oxygen atoms in total. The molecule has 3 aromatic rings. The van der Waals surface area contributed by atoms with Crippen LogP contribution in [0.25, 0.3) is 0 Å². The zero-order valence-electron chi connectivity index (χ0n) is 17.0. The van der Waals surface area contributed by atoms with Gasteiger partial charge in [-0.15, -0.1) is 0 Å². The number of carbonyl (C=O) groups excluding carboxylic acids is 1. The summed E-state index contributed by atoms with van der Waals surface area (Å²) in [4.78, 5) is 15.3. The van der Waals surface area contributed by atoms with Gasteiger partial charge in [-0.25, -0.2) is 5.48 Å². The van der Waals surface area contributed by atoms with Crippen LogP contribution in [-0.2, 0) is 16.8 Å². The van der Waals surface area contributed by atoms with Gasteiger partial charge in [0, 0.05) is 26.3 Å². The summed E-state index contributed by atoms with van der Waals surface area (Å²) in [6.07, 6.45) is 0. The summed E-state index contributed by atoms with van der Waals surface area (Å²) < 4.78 is 0. The number of hydrogen-bond acceptors (Lipinski definition) is 4. The van der Waals surface area contributed by atoms with Gasteiger partial charge in [-0.1, -0.05) is 66.7 Å². The number of rotatable bonds is 7. The van der Waals surface area contributed by atoms with Crippen molar-refractivity contribution >= 4 is 11.6 Å². The molecule has 0 saturated heterocycles. The first-order valence-electron chi connectivity index (χ1n) is 9.56. The molecule has 0 bridgehead atoms. The second-order valence-electron chi connectivity index (χ2n) is 7.23. The quantitative estimate of drug-likeness (QED) is 0.330. The molecule has 1 amide bonds. The van der Waals surface area contributed by atoms with E-state index in [1.807, 2.05) is 110 Å². The Morgan fingerprint density at radius 2 is 1.38 bits per heavy atom. The molecule has 29 heavy (non-hydrogen) atoms. The van der Waals surface area contributed by atoms with E-state index in [0.717, 1.165) is 34.5 Å². The lowest BCUT2D eigenvalue weighted by Gasteiger charge is -2.34. The van der Waals surface area contributed by atoms with Crippen LogP contribution in [0.4, 0.5) is 5.69 Å². The first kappa shape index (κ1) is 20.6. The highest BCUT2D eigenvalue weighted by Gasteiger charge is 2.43. The van der Waals surface area contributed by atoms with Gasteiger partial charge in [0.1, 0.15) is 5.41 Å². The van der Waals surface area contributed by atoms with Crippen LogP contribution in [-0.4, -0.2) is 32.3 Å². The molecule has 150 valence electrons. The Morgan fingerprint density at radius 1 is 0.862 bits per heavy atom. The number of hydrogen-bond donors (Lipinski definition) is 3. The first-order chi connectivity index (χ1) is 14.0. The molecule has 0 aliphatic carbocycles. The highest BCUT2D eigenvalue weighted by molar-refractivity contribution is 5.95. The van der Waals surface area contributed by atoms with Gasteiger partial charge in [0.25, 0.3) is 5.91 Å². The highest BCUT2D eigenvalue weighted by Crippen LogP contribution is 2.40. The van der Waals surface area contributed by atoms with Crippen LogP contribution >= 0.6 is 0 Å². The molecule has 0 spiro atoms. The van der Waals surface area contributed by atoms with Crippen molar-refractivity contribution < 1.29 is 10.0 Å². The summed E-state index contributed by atoms with van der Waals surface area (Å²) in [6.45, 7) is 0.738. The molecule has 3 N–H and O–H groups in total. The van der Waals surface area contributed by atoms with Crippen LogP contribution in [0.15, 0.2) is 78.9 Å². The fourth-order valence-corrected chi connectivity index (χ4v) is 3.75. The number of carbonyl (C=O) groups is 1. The molecular weight excluding hydrogens is 362 g/mol. The smallest absolute Gasteiger partial charge is 0.262 e. The third kappa shape index (κ3) is 3.88. The van der Waals surface area contributed by atoms with E-state index in [2.05, 4.69) is 5.32 Å². The summed E-state index contributed by atoms with van der Waals surface area (Å²) in [5.74, 6) is -0.498. The van der Waals surface area contributed by atoms with Crippen LogP contribution in [0.5, 0.6) is 0 Å². The molecule has 5 heteroatoms. The van der Waals surface area contributed by atoms with E-state index in [1.54, 1.807) is 0 Å². The van der Waals surface area contributed by atoms with E-state index in [1.165, 1.54) is 0 Å². The summed E-state index contributed by atoms with van der Waals surface area (Å²) in [5, 5.41) is 12.9. The topological polar surface area (TPSA) is 64.6 Å². The van der Waals surface area contributed by atoms with Gasteiger partial charge < -0.3 is 10.2 Å². The summed E-state index contributed by atoms with van der Waals surface area (Å²) >= 11 is 0. The Bertz CT molecular complexity index is 938. The third-order valence-electron chi connectivity index (χ3n) is 5.23. The first-order valence-corrected chi connectivity index (χ1v) is 9.56. The fraction of sp³-hybridized carbons (Fsp3) is 0.208. The zero-order chi connectivity index (χ0) is 20.9. The number of hydroxylamine groups is 1. The van der Waals surface area contributed by atoms with Gasteiger partial charge in [0.2, 0.25) is 0 Å². The second-order valence-corrected chi connectivity index (χ2v) is 7.23. The minimum absolute atomic E-state index is 0.498. The van der Waals surface area contributed by atoms with E-state index in [9.17, 15) is 10.0 Å². The maximum atomic E-state index is 13.3. The van der Waals surface area contributed by atoms with Crippen LogP contribution in [0.1, 0.15) is 22.3 Å². The zero-order valence-corrected chi connectivity index (χ0v) is 17.0. The van der Waals surface area contributed by atoms with Gasteiger partial charge in [0.05, 0.1) is 0 Å². The summed E-state index contributed by atoms with van der Waals surface area (Å²) in [7, 11) is 5.84. The lowest BCUT2D eigenvalue weighted by molar-refractivity contribution is -0.132. The number of benzene rings is 3. The number of amides is 1. The average Bonchev–Trinajstić information content (AvgIpc) is 2.76. The lowest BCUT2D eigenvalue weighted by atomic mass is 9.68. The number of anilines is 1. The Hall–Kier alpha value is -3.15. The van der Waals surface area contributed by atoms with Crippen molar-refractivity contribution in [2.45, 2.75) is 12.0 Å². The average molecular weight is 389 g/mol. The fourth-order valence-electron chi connectivity index (χ4n) is 3.75. The Kier molecular flexibility index (Phi) is 6.32. The molecule has 0 radical (unpaired) electrons. The van der Waals surface area contributed by atoms with E-state index in [0.29, 0.717) is 0 Å². The van der Waals surface area contributed by atoms with Crippen molar-refractivity contribution in [1.29, 1.82) is 0 Å². The highest BCUT2D eigenvalue weighted by atomic mass is 16.5. The van der Waals surface area contributed by atoms with Crippen LogP contribution < -0.4 is 15.7 Å². The minimum atomic E-state index is -1.18. The van der Waals surface area contributed by atoms with Crippen molar-refractivity contribution in [3.05, 3.63) is 101 Å². The van der Waals surface area contributed by atoms with Gasteiger partial charge in [-0.2, -0.15) is 0 Å². The SMILES string of the molecule is CNCc1ccc(C(C(=O)NO)(c2ccccc2)c2ccc(N(C)C)cc2)cc1. The second kappa shape index (κ2) is 8.90. The molecule has 3 aromatic carbocycles. The molecule has 0 heterocycles. The maximum Gasteiger partial charge on any atom is 0.262 e. The molecular formula is C24H27N3O2. The van der Waals surface area contributed by atoms with E-state index >= 15 is 0 Å². The largest absolute Gasteiger partial charge is 0.378 e. The van der Waals surface area contributed by atoms with Gasteiger partial charge in [0.15, 0.2) is 0 Å². The Morgan fingerprint density at radius 3 is 1.86 bits per heavy atom. The molecule has 0 aliphatic rings. The normalized spacial score (nSPS) is 12.8. The predicted molar refractivity (Wildman–Crippen MR) is 116 cm³/mol. The van der Waals surface area contributed by atoms with Crippen molar-refractivity contribution in [2.75, 3.05) is 26.0 Å². The monoisotopic (exact) mass is 389 g/mol. The van der Waals surface area contributed by atoms with Gasteiger partial charge in [-0.3, -0.25) is 10.0 Å². The van der Waals surface area contributed by atoms with Crippen LogP contribution in [0.2, 0.25) is 0 Å². The summed E-state index contributed by atoms with van der Waals surface area (Å²) in [6, 6.07) is 25.3. The molecule has 0 aliphatic heterocycles. The van der Waals surface area contributed by atoms with Crippen molar-refractivity contribution in [1.82, 2.24) is 10.8 Å². The van der Waals surface area contributed by atoms with Crippen molar-refractivity contribution in [3.63, 3.8) is 0 Å². The van der Waals surface area contributed by atoms with E-state index in [-0.39, 0.29) is 0 Å². The molecule has 0 aromatic heterocycles. The number of nitrogens with one attached hydrogen (secondary N) is 2.